The van der Waals surface area contributed by atoms with Crippen LogP contribution < -0.4 is 15.8 Å². The molecule has 4 N–H and O–H groups in total. The highest BCUT2D eigenvalue weighted by Crippen LogP contribution is 2.27. The number of carboxylic acids is 1. The van der Waals surface area contributed by atoms with Gasteiger partial charge in [0, 0.05) is 44.7 Å². The summed E-state index contributed by atoms with van der Waals surface area (Å²) >= 11 is 0. The summed E-state index contributed by atoms with van der Waals surface area (Å²) in [4.78, 5) is 78.8. The summed E-state index contributed by atoms with van der Waals surface area (Å²) in [5.41, 5.74) is 5.68. The van der Waals surface area contributed by atoms with Crippen LogP contribution in [0, 0.1) is 0 Å². The van der Waals surface area contributed by atoms with Gasteiger partial charge in [0.25, 0.3) is 11.8 Å². The van der Waals surface area contributed by atoms with Crippen molar-refractivity contribution in [2.24, 2.45) is 5.73 Å². The lowest BCUT2D eigenvalue weighted by atomic mass is 10.1. The van der Waals surface area contributed by atoms with Crippen LogP contribution in [0.5, 0.6) is 5.88 Å². The molecule has 0 spiro atoms. The SMILES string of the molecule is CCOC(=O)N1CCN(C(=O)[C@H](CCC(=O)O)NC(=O)c2cc(OCC(=O)N(CC(N)=O)C3CC3)n(-c3ccccc3)n2)CC1. The molecular weight excluding hydrogens is 590 g/mol. The molecule has 45 heavy (non-hydrogen) atoms. The van der Waals surface area contributed by atoms with Crippen molar-refractivity contribution in [3.63, 3.8) is 0 Å². The number of carbonyl (C=O) groups is 6. The summed E-state index contributed by atoms with van der Waals surface area (Å²) in [6.07, 6.45) is 0.480. The lowest BCUT2D eigenvalue weighted by Crippen LogP contribution is -2.56. The number of carboxylic acid groups (broad SMARTS) is 1. The van der Waals surface area contributed by atoms with Crippen LogP contribution in [0.2, 0.25) is 0 Å². The van der Waals surface area contributed by atoms with Gasteiger partial charge in [-0.25, -0.2) is 9.48 Å². The highest BCUT2D eigenvalue weighted by atomic mass is 16.6. The maximum absolute atomic E-state index is 13.4. The van der Waals surface area contributed by atoms with Gasteiger partial charge in [-0.3, -0.25) is 24.0 Å². The number of nitrogens with one attached hydrogen (secondary N) is 1. The largest absolute Gasteiger partial charge is 0.481 e. The van der Waals surface area contributed by atoms with Crippen LogP contribution in [0.4, 0.5) is 4.79 Å². The van der Waals surface area contributed by atoms with Crippen molar-refractivity contribution in [3.8, 4) is 11.6 Å². The van der Waals surface area contributed by atoms with E-state index < -0.39 is 48.3 Å². The molecule has 5 amide bonds. The molecule has 16 nitrogen and oxygen atoms in total. The molecule has 1 atom stereocenters. The number of aliphatic carboxylic acids is 1. The van der Waals surface area contributed by atoms with Crippen LogP contribution >= 0.6 is 0 Å². The van der Waals surface area contributed by atoms with Gasteiger partial charge in [0.1, 0.15) is 6.04 Å². The lowest BCUT2D eigenvalue weighted by Gasteiger charge is -2.35. The number of primary amides is 1. The van der Waals surface area contributed by atoms with E-state index in [1.807, 2.05) is 0 Å². The number of nitrogens with zero attached hydrogens (tertiary/aromatic N) is 5. The number of amides is 5. The first-order valence-corrected chi connectivity index (χ1v) is 14.7. The number of carbonyl (C=O) groups excluding carboxylic acids is 5. The van der Waals surface area contributed by atoms with Crippen LogP contribution in [0.15, 0.2) is 36.4 Å². The topological polar surface area (TPSA) is 207 Å². The predicted molar refractivity (Wildman–Crippen MR) is 156 cm³/mol. The molecule has 0 unspecified atom stereocenters. The number of aromatic nitrogens is 2. The van der Waals surface area contributed by atoms with Crippen molar-refractivity contribution >= 4 is 35.7 Å². The fraction of sp³-hybridized carbons (Fsp3) is 0.483. The van der Waals surface area contributed by atoms with Crippen molar-refractivity contribution < 1.29 is 43.3 Å². The molecule has 1 saturated heterocycles. The molecule has 242 valence electrons. The minimum atomic E-state index is -1.18. The molecule has 2 aliphatic rings. The Hall–Kier alpha value is -5.15. The second kappa shape index (κ2) is 15.0. The minimum absolute atomic E-state index is 0.0537. The average molecular weight is 628 g/mol. The zero-order chi connectivity index (χ0) is 32.5. The Labute approximate surface area is 259 Å². The van der Waals surface area contributed by atoms with Gasteiger partial charge in [-0.05, 0) is 38.3 Å². The standard InChI is InChI=1S/C29H37N7O9/c1-2-44-29(43)34-14-12-33(13-15-34)28(42)21(10-11-26(39)40)31-27(41)22-16-25(36(32-22)20-6-4-3-5-7-20)45-18-24(38)35(17-23(30)37)19-8-9-19/h3-7,16,19,21H,2,8-15,17-18H2,1H3,(H2,30,37)(H,31,41)(H,39,40)/t21-/m0/s1. The zero-order valence-electron chi connectivity index (χ0n) is 24.9. The van der Waals surface area contributed by atoms with Gasteiger partial charge in [-0.1, -0.05) is 18.2 Å². The van der Waals surface area contributed by atoms with Crippen molar-refractivity contribution in [1.82, 2.24) is 29.8 Å². The van der Waals surface area contributed by atoms with Gasteiger partial charge in [0.2, 0.25) is 17.7 Å². The monoisotopic (exact) mass is 627 g/mol. The highest BCUT2D eigenvalue weighted by Gasteiger charge is 2.34. The maximum atomic E-state index is 13.4. The van der Waals surface area contributed by atoms with Crippen LogP contribution in [0.3, 0.4) is 0 Å². The number of piperazine rings is 1. The Morgan fingerprint density at radius 1 is 1.07 bits per heavy atom. The van der Waals surface area contributed by atoms with E-state index in [9.17, 15) is 33.9 Å². The first-order valence-electron chi connectivity index (χ1n) is 14.7. The molecule has 1 aromatic carbocycles. The first kappa shape index (κ1) is 32.8. The number of rotatable bonds is 14. The third-order valence-electron chi connectivity index (χ3n) is 7.26. The third kappa shape index (κ3) is 8.93. The van der Waals surface area contributed by atoms with E-state index in [1.54, 1.807) is 37.3 Å². The Bertz CT molecular complexity index is 1400. The summed E-state index contributed by atoms with van der Waals surface area (Å²) < 4.78 is 12.1. The zero-order valence-corrected chi connectivity index (χ0v) is 24.9. The highest BCUT2D eigenvalue weighted by molar-refractivity contribution is 5.96. The molecule has 2 heterocycles. The molecule has 1 aromatic heterocycles. The van der Waals surface area contributed by atoms with Gasteiger partial charge < -0.3 is 40.3 Å². The minimum Gasteiger partial charge on any atom is -0.481 e. The van der Waals surface area contributed by atoms with Crippen molar-refractivity contribution in [1.29, 1.82) is 0 Å². The predicted octanol–water partition coefficient (Wildman–Crippen LogP) is -0.00870. The van der Waals surface area contributed by atoms with E-state index in [4.69, 9.17) is 15.2 Å². The molecule has 4 rings (SSSR count). The molecule has 2 aromatic rings. The quantitative estimate of drug-likeness (QED) is 0.255. The second-order valence-electron chi connectivity index (χ2n) is 10.6. The molecule has 0 bridgehead atoms. The molecule has 1 aliphatic carbocycles. The molecule has 16 heteroatoms. The van der Waals surface area contributed by atoms with Crippen LogP contribution in [0.1, 0.15) is 43.1 Å². The van der Waals surface area contributed by atoms with Gasteiger partial charge in [0.15, 0.2) is 12.3 Å². The normalized spacial score (nSPS) is 15.1. The molecule has 2 fully saturated rings. The summed E-state index contributed by atoms with van der Waals surface area (Å²) in [5.74, 6) is -3.44. The smallest absolute Gasteiger partial charge is 0.409 e. The van der Waals surface area contributed by atoms with Crippen molar-refractivity contribution in [2.45, 2.75) is 44.7 Å². The number of ether oxygens (including phenoxy) is 2. The summed E-state index contributed by atoms with van der Waals surface area (Å²) in [6, 6.07) is 8.74. The Morgan fingerprint density at radius 3 is 2.33 bits per heavy atom. The van der Waals surface area contributed by atoms with Crippen LogP contribution in [-0.4, -0.2) is 123 Å². The Balaban J connectivity index is 1.49. The number of benzene rings is 1. The van der Waals surface area contributed by atoms with E-state index in [-0.39, 0.29) is 69.8 Å². The molecule has 1 aliphatic heterocycles. The van der Waals surface area contributed by atoms with Gasteiger partial charge >= 0.3 is 12.1 Å². The average Bonchev–Trinajstić information content (AvgIpc) is 3.78. The van der Waals surface area contributed by atoms with Crippen molar-refractivity contribution in [2.75, 3.05) is 45.9 Å². The fourth-order valence-electron chi connectivity index (χ4n) is 4.83. The Morgan fingerprint density at radius 2 is 1.73 bits per heavy atom. The molecular formula is C29H37N7O9. The van der Waals surface area contributed by atoms with Gasteiger partial charge in [-0.15, -0.1) is 0 Å². The second-order valence-corrected chi connectivity index (χ2v) is 10.6. The van der Waals surface area contributed by atoms with Gasteiger partial charge in [-0.2, -0.15) is 5.10 Å². The van der Waals surface area contributed by atoms with E-state index >= 15 is 0 Å². The number of hydrogen-bond donors (Lipinski definition) is 3. The van der Waals surface area contributed by atoms with Gasteiger partial charge in [0.05, 0.1) is 18.8 Å². The van der Waals surface area contributed by atoms with Crippen molar-refractivity contribution in [3.05, 3.63) is 42.1 Å². The first-order chi connectivity index (χ1) is 21.6. The Kier molecular flexibility index (Phi) is 10.9. The summed E-state index contributed by atoms with van der Waals surface area (Å²) in [7, 11) is 0. The lowest BCUT2D eigenvalue weighted by molar-refractivity contribution is -0.138. The number of nitrogens with two attached hydrogens (primary N) is 1. The van der Waals surface area contributed by atoms with Crippen LogP contribution in [0.25, 0.3) is 5.69 Å². The van der Waals surface area contributed by atoms with E-state index in [0.29, 0.717) is 5.69 Å². The fourth-order valence-corrected chi connectivity index (χ4v) is 4.83. The molecule has 0 radical (unpaired) electrons. The summed E-state index contributed by atoms with van der Waals surface area (Å²) in [6.45, 7) is 2.05. The summed E-state index contributed by atoms with van der Waals surface area (Å²) in [5, 5.41) is 16.2. The van der Waals surface area contributed by atoms with Crippen LogP contribution in [-0.2, 0) is 23.9 Å². The maximum Gasteiger partial charge on any atom is 0.409 e. The number of para-hydroxylation sites is 1. The third-order valence-corrected chi connectivity index (χ3v) is 7.26. The van der Waals surface area contributed by atoms with E-state index in [2.05, 4.69) is 10.4 Å². The number of hydrogen-bond acceptors (Lipinski definition) is 9. The van der Waals surface area contributed by atoms with E-state index in [1.165, 1.54) is 25.4 Å². The molecule has 1 saturated carbocycles. The van der Waals surface area contributed by atoms with E-state index in [0.717, 1.165) is 12.8 Å².